The van der Waals surface area contributed by atoms with Crippen molar-refractivity contribution in [1.82, 2.24) is 4.90 Å². The number of ether oxygens (including phenoxy) is 1. The number of carbonyl (C=O) groups excluding carboxylic acids is 2. The van der Waals surface area contributed by atoms with Gasteiger partial charge in [0.15, 0.2) is 5.78 Å². The molecule has 1 atom stereocenters. The minimum absolute atomic E-state index is 0.0261. The summed E-state index contributed by atoms with van der Waals surface area (Å²) in [5.74, 6) is 1.21. The number of nitrogens with one attached hydrogen (secondary N) is 1. The number of anilines is 1. The summed E-state index contributed by atoms with van der Waals surface area (Å²) in [4.78, 5) is 27.0. The van der Waals surface area contributed by atoms with Crippen molar-refractivity contribution in [2.24, 2.45) is 5.92 Å². The third kappa shape index (κ3) is 6.82. The molecule has 1 aliphatic heterocycles. The number of fused-ring (bicyclic) bond motifs is 1. The van der Waals surface area contributed by atoms with Gasteiger partial charge in [-0.1, -0.05) is 56.3 Å². The number of likely N-dealkylation sites (tertiary alicyclic amines) is 1. The molecule has 0 spiro atoms. The fourth-order valence-electron chi connectivity index (χ4n) is 6.05. The van der Waals surface area contributed by atoms with E-state index in [2.05, 4.69) is 46.6 Å². The molecule has 1 saturated heterocycles. The van der Waals surface area contributed by atoms with Crippen LogP contribution in [0.5, 0.6) is 5.75 Å². The highest BCUT2D eigenvalue weighted by Crippen LogP contribution is 2.33. The van der Waals surface area contributed by atoms with Crippen LogP contribution in [0.15, 0.2) is 66.7 Å². The number of amides is 1. The molecule has 5 rings (SSSR count). The molecular formula is C35H42N2O3. The first kappa shape index (κ1) is 28.1. The van der Waals surface area contributed by atoms with Crippen LogP contribution in [0.3, 0.4) is 0 Å². The Kier molecular flexibility index (Phi) is 9.01. The van der Waals surface area contributed by atoms with Crippen molar-refractivity contribution in [2.45, 2.75) is 71.3 Å². The molecule has 0 aromatic heterocycles. The lowest BCUT2D eigenvalue weighted by Gasteiger charge is -2.33. The molecular weight excluding hydrogens is 496 g/mol. The average Bonchev–Trinajstić information content (AvgIpc) is 3.44. The van der Waals surface area contributed by atoms with E-state index in [1.165, 1.54) is 28.7 Å². The number of hydrogen-bond donors (Lipinski definition) is 1. The van der Waals surface area contributed by atoms with Crippen molar-refractivity contribution in [1.29, 1.82) is 0 Å². The Bertz CT molecular complexity index is 1340. The van der Waals surface area contributed by atoms with Crippen LogP contribution in [0.25, 0.3) is 0 Å². The van der Waals surface area contributed by atoms with Gasteiger partial charge in [0.25, 0.3) is 0 Å². The topological polar surface area (TPSA) is 58.6 Å². The van der Waals surface area contributed by atoms with Crippen LogP contribution in [-0.4, -0.2) is 36.2 Å². The smallest absolute Gasteiger partial charge is 0.226 e. The maximum atomic E-state index is 12.3. The number of ketones is 1. The molecule has 0 radical (unpaired) electrons. The highest BCUT2D eigenvalue weighted by atomic mass is 16.5. The first-order valence-electron chi connectivity index (χ1n) is 14.9. The van der Waals surface area contributed by atoms with Crippen molar-refractivity contribution in [3.63, 3.8) is 0 Å². The lowest BCUT2D eigenvalue weighted by molar-refractivity contribution is -0.118. The normalized spacial score (nSPS) is 16.5. The van der Waals surface area contributed by atoms with E-state index in [4.69, 9.17) is 4.74 Å². The van der Waals surface area contributed by atoms with E-state index in [1.54, 1.807) is 6.92 Å². The summed E-state index contributed by atoms with van der Waals surface area (Å²) in [5, 5.41) is 3.04. The number of benzene rings is 3. The highest BCUT2D eigenvalue weighted by Gasteiger charge is 2.24. The maximum absolute atomic E-state index is 12.3. The number of carbonyl (C=O) groups is 2. The number of Topliss-reactive ketones (excluding diaryl/α,β-unsaturated/α-hetero) is 1. The summed E-state index contributed by atoms with van der Waals surface area (Å²) in [6.45, 7) is 8.45. The van der Waals surface area contributed by atoms with Gasteiger partial charge in [0.05, 0.1) is 5.56 Å². The van der Waals surface area contributed by atoms with Gasteiger partial charge in [-0.05, 0) is 105 Å². The van der Waals surface area contributed by atoms with Crippen LogP contribution in [0.2, 0.25) is 0 Å². The molecule has 1 heterocycles. The lowest BCUT2D eigenvalue weighted by atomic mass is 9.89. The molecule has 1 fully saturated rings. The van der Waals surface area contributed by atoms with E-state index in [0.717, 1.165) is 57.4 Å². The largest absolute Gasteiger partial charge is 0.485 e. The number of nitrogens with zero attached hydrogens (tertiary/aromatic N) is 1. The molecule has 5 heteroatoms. The highest BCUT2D eigenvalue weighted by molar-refractivity contribution is 5.96. The number of piperidine rings is 1. The first-order chi connectivity index (χ1) is 19.4. The Morgan fingerprint density at radius 3 is 2.50 bits per heavy atom. The Labute approximate surface area is 238 Å². The fraction of sp³-hybridized carbons (Fsp3) is 0.429. The van der Waals surface area contributed by atoms with E-state index in [-0.39, 0.29) is 23.7 Å². The van der Waals surface area contributed by atoms with Crippen LogP contribution in [0.4, 0.5) is 5.69 Å². The number of para-hydroxylation sites is 1. The minimum atomic E-state index is -0.106. The molecule has 1 aliphatic carbocycles. The van der Waals surface area contributed by atoms with E-state index in [0.29, 0.717) is 17.2 Å². The predicted molar refractivity (Wildman–Crippen MR) is 161 cm³/mol. The van der Waals surface area contributed by atoms with Crippen molar-refractivity contribution in [3.8, 4) is 5.75 Å². The summed E-state index contributed by atoms with van der Waals surface area (Å²) in [6.07, 6.45) is 6.47. The van der Waals surface area contributed by atoms with Crippen LogP contribution in [-0.2, 0) is 17.6 Å². The van der Waals surface area contributed by atoms with Gasteiger partial charge in [-0.25, -0.2) is 0 Å². The standard InChI is InChI=1S/C35H42N2O3/c1-24(2)35(39)36-31-11-7-10-29(23-31)27-16-19-37(20-17-27)21-18-33(30-15-14-26-8-6-9-28(26)22-30)40-34-13-5-4-12-32(34)25(3)38/h4-5,7,10-15,22-24,27,33H,6,8-9,16-21H2,1-3H3,(H,36,39). The molecule has 210 valence electrons. The van der Waals surface area contributed by atoms with Crippen LogP contribution >= 0.6 is 0 Å². The summed E-state index contributed by atoms with van der Waals surface area (Å²) in [5.41, 5.74) is 6.94. The number of hydrogen-bond acceptors (Lipinski definition) is 4. The molecule has 40 heavy (non-hydrogen) atoms. The third-order valence-corrected chi connectivity index (χ3v) is 8.47. The van der Waals surface area contributed by atoms with Gasteiger partial charge in [-0.2, -0.15) is 0 Å². The van der Waals surface area contributed by atoms with Crippen LogP contribution in [0.1, 0.15) is 91.1 Å². The third-order valence-electron chi connectivity index (χ3n) is 8.47. The molecule has 2 aliphatic rings. The van der Waals surface area contributed by atoms with E-state index in [1.807, 2.05) is 44.2 Å². The van der Waals surface area contributed by atoms with Gasteiger partial charge >= 0.3 is 0 Å². The molecule has 0 bridgehead atoms. The van der Waals surface area contributed by atoms with Gasteiger partial charge < -0.3 is 15.0 Å². The van der Waals surface area contributed by atoms with Crippen molar-refractivity contribution >= 4 is 17.4 Å². The minimum Gasteiger partial charge on any atom is -0.485 e. The SMILES string of the molecule is CC(=O)c1ccccc1OC(CCN1CCC(c2cccc(NC(=O)C(C)C)c2)CC1)c1ccc2c(c1)CCC2. The first-order valence-corrected chi connectivity index (χ1v) is 14.9. The number of aryl methyl sites for hydroxylation is 2. The van der Waals surface area contributed by atoms with Crippen molar-refractivity contribution < 1.29 is 14.3 Å². The van der Waals surface area contributed by atoms with Gasteiger partial charge in [0.2, 0.25) is 5.91 Å². The molecule has 3 aromatic rings. The summed E-state index contributed by atoms with van der Waals surface area (Å²) in [7, 11) is 0. The Hall–Kier alpha value is -3.44. The molecule has 1 N–H and O–H groups in total. The second kappa shape index (κ2) is 12.8. The Morgan fingerprint density at radius 1 is 0.950 bits per heavy atom. The number of rotatable bonds is 10. The van der Waals surface area contributed by atoms with Crippen LogP contribution < -0.4 is 10.1 Å². The zero-order valence-corrected chi connectivity index (χ0v) is 24.1. The van der Waals surface area contributed by atoms with Gasteiger partial charge in [0.1, 0.15) is 11.9 Å². The Morgan fingerprint density at radius 2 is 1.73 bits per heavy atom. The van der Waals surface area contributed by atoms with Crippen molar-refractivity contribution in [2.75, 3.05) is 25.0 Å². The maximum Gasteiger partial charge on any atom is 0.226 e. The fourth-order valence-corrected chi connectivity index (χ4v) is 6.05. The van der Waals surface area contributed by atoms with E-state index in [9.17, 15) is 9.59 Å². The summed E-state index contributed by atoms with van der Waals surface area (Å²) >= 11 is 0. The monoisotopic (exact) mass is 538 g/mol. The van der Waals surface area contributed by atoms with Gasteiger partial charge in [-0.3, -0.25) is 9.59 Å². The van der Waals surface area contributed by atoms with E-state index >= 15 is 0 Å². The zero-order valence-electron chi connectivity index (χ0n) is 24.1. The molecule has 0 saturated carbocycles. The van der Waals surface area contributed by atoms with E-state index < -0.39 is 0 Å². The quantitative estimate of drug-likeness (QED) is 0.274. The van der Waals surface area contributed by atoms with Gasteiger partial charge in [-0.15, -0.1) is 0 Å². The summed E-state index contributed by atoms with van der Waals surface area (Å²) < 4.78 is 6.61. The van der Waals surface area contributed by atoms with Gasteiger partial charge in [0, 0.05) is 24.6 Å². The second-order valence-corrected chi connectivity index (χ2v) is 11.7. The molecule has 3 aromatic carbocycles. The average molecular weight is 539 g/mol. The molecule has 5 nitrogen and oxygen atoms in total. The molecule has 1 unspecified atom stereocenters. The zero-order chi connectivity index (χ0) is 28.1. The Balaban J connectivity index is 1.24. The van der Waals surface area contributed by atoms with Crippen LogP contribution in [0, 0.1) is 5.92 Å². The second-order valence-electron chi connectivity index (χ2n) is 11.7. The lowest BCUT2D eigenvalue weighted by Crippen LogP contribution is -2.34. The molecule has 1 amide bonds. The van der Waals surface area contributed by atoms with Crippen molar-refractivity contribution in [3.05, 3.63) is 94.5 Å². The summed E-state index contributed by atoms with van der Waals surface area (Å²) in [6, 6.07) is 22.8. The predicted octanol–water partition coefficient (Wildman–Crippen LogP) is 7.36.